The lowest BCUT2D eigenvalue weighted by molar-refractivity contribution is -0.137. The first kappa shape index (κ1) is 15.4. The molecule has 0 radical (unpaired) electrons. The summed E-state index contributed by atoms with van der Waals surface area (Å²) in [5.74, 6) is -0.291. The van der Waals surface area contributed by atoms with Crippen molar-refractivity contribution < 1.29 is 18.0 Å². The highest BCUT2D eigenvalue weighted by Gasteiger charge is 2.37. The smallest absolute Gasteiger partial charge is 0.335 e. The number of amides is 1. The molecule has 3 nitrogen and oxygen atoms in total. The van der Waals surface area contributed by atoms with E-state index in [1.165, 1.54) is 23.1 Å². The Morgan fingerprint density at radius 2 is 1.76 bits per heavy atom. The van der Waals surface area contributed by atoms with E-state index in [-0.39, 0.29) is 18.3 Å². The Morgan fingerprint density at radius 3 is 2.33 bits per heavy atom. The number of para-hydroxylation sites is 1. The van der Waals surface area contributed by atoms with E-state index in [2.05, 4.69) is 5.32 Å². The predicted molar refractivity (Wildman–Crippen MR) is 74.5 cm³/mol. The first-order valence-corrected chi connectivity index (χ1v) is 6.54. The standard InChI is InChI=1S/C15H17F3N2O/c1-14(2,3)12-8-13(21)19-9-20(12)11-7-5-4-6-10(11)15(16,17)18/h4-8H,9H2,1-3H3,(H,19,21). The molecule has 0 saturated carbocycles. The van der Waals surface area contributed by atoms with Gasteiger partial charge in [0.05, 0.1) is 17.9 Å². The second-order valence-electron chi connectivity index (χ2n) is 5.92. The van der Waals surface area contributed by atoms with Crippen molar-refractivity contribution in [3.63, 3.8) is 0 Å². The van der Waals surface area contributed by atoms with Gasteiger partial charge in [0.2, 0.25) is 5.91 Å². The molecule has 1 aliphatic heterocycles. The molecule has 1 aromatic carbocycles. The summed E-state index contributed by atoms with van der Waals surface area (Å²) < 4.78 is 39.5. The van der Waals surface area contributed by atoms with Crippen molar-refractivity contribution in [2.45, 2.75) is 26.9 Å². The highest BCUT2D eigenvalue weighted by atomic mass is 19.4. The topological polar surface area (TPSA) is 32.3 Å². The molecule has 0 spiro atoms. The van der Waals surface area contributed by atoms with Gasteiger partial charge in [-0.3, -0.25) is 4.79 Å². The van der Waals surface area contributed by atoms with E-state index in [9.17, 15) is 18.0 Å². The van der Waals surface area contributed by atoms with Crippen LogP contribution in [0.5, 0.6) is 0 Å². The van der Waals surface area contributed by atoms with Gasteiger partial charge in [0.1, 0.15) is 0 Å². The van der Waals surface area contributed by atoms with Gasteiger partial charge in [-0.1, -0.05) is 32.9 Å². The van der Waals surface area contributed by atoms with Crippen LogP contribution >= 0.6 is 0 Å². The lowest BCUT2D eigenvalue weighted by Crippen LogP contribution is -2.45. The van der Waals surface area contributed by atoms with Crippen LogP contribution in [0.3, 0.4) is 0 Å². The molecule has 0 bridgehead atoms. The number of hydrogen-bond acceptors (Lipinski definition) is 2. The third-order valence-electron chi connectivity index (χ3n) is 3.24. The monoisotopic (exact) mass is 298 g/mol. The second-order valence-corrected chi connectivity index (χ2v) is 5.92. The number of hydrogen-bond donors (Lipinski definition) is 1. The zero-order valence-corrected chi connectivity index (χ0v) is 12.1. The number of carbonyl (C=O) groups is 1. The molecule has 114 valence electrons. The Bertz CT molecular complexity index is 585. The summed E-state index contributed by atoms with van der Waals surface area (Å²) in [5, 5.41) is 2.55. The maximum atomic E-state index is 13.2. The van der Waals surface area contributed by atoms with Gasteiger partial charge >= 0.3 is 6.18 Å². The number of nitrogens with zero attached hydrogens (tertiary/aromatic N) is 1. The van der Waals surface area contributed by atoms with Crippen LogP contribution in [0.25, 0.3) is 0 Å². The highest BCUT2D eigenvalue weighted by Crippen LogP contribution is 2.40. The van der Waals surface area contributed by atoms with Crippen LogP contribution in [0.15, 0.2) is 36.0 Å². The number of rotatable bonds is 1. The lowest BCUT2D eigenvalue weighted by Gasteiger charge is -2.38. The van der Waals surface area contributed by atoms with Crippen LogP contribution < -0.4 is 10.2 Å². The summed E-state index contributed by atoms with van der Waals surface area (Å²) in [5.41, 5.74) is -0.554. The average Bonchev–Trinajstić information content (AvgIpc) is 2.36. The van der Waals surface area contributed by atoms with Gasteiger partial charge in [0, 0.05) is 17.2 Å². The third-order valence-corrected chi connectivity index (χ3v) is 3.24. The molecule has 1 aromatic rings. The van der Waals surface area contributed by atoms with Crippen molar-refractivity contribution in [3.05, 3.63) is 41.6 Å². The summed E-state index contributed by atoms with van der Waals surface area (Å²) in [6, 6.07) is 5.38. The SMILES string of the molecule is CC(C)(C)C1=CC(=O)NCN1c1ccccc1C(F)(F)F. The first-order valence-electron chi connectivity index (χ1n) is 6.54. The van der Waals surface area contributed by atoms with E-state index < -0.39 is 17.2 Å². The summed E-state index contributed by atoms with van der Waals surface area (Å²) in [4.78, 5) is 13.0. The molecule has 6 heteroatoms. The molecule has 2 rings (SSSR count). The molecule has 0 aliphatic carbocycles. The van der Waals surface area contributed by atoms with Gasteiger partial charge in [-0.05, 0) is 12.1 Å². The Morgan fingerprint density at radius 1 is 1.14 bits per heavy atom. The Hall–Kier alpha value is -1.98. The van der Waals surface area contributed by atoms with E-state index >= 15 is 0 Å². The number of alkyl halides is 3. The summed E-state index contributed by atoms with van der Waals surface area (Å²) in [7, 11) is 0. The van der Waals surface area contributed by atoms with Crippen molar-refractivity contribution in [3.8, 4) is 0 Å². The average molecular weight is 298 g/mol. The molecule has 21 heavy (non-hydrogen) atoms. The molecule has 0 aromatic heterocycles. The van der Waals surface area contributed by atoms with Crippen molar-refractivity contribution in [1.29, 1.82) is 0 Å². The molecule has 1 heterocycles. The van der Waals surface area contributed by atoms with E-state index in [0.29, 0.717) is 5.70 Å². The van der Waals surface area contributed by atoms with Gasteiger partial charge < -0.3 is 10.2 Å². The fourth-order valence-electron chi connectivity index (χ4n) is 2.28. The first-order chi connectivity index (χ1) is 9.60. The van der Waals surface area contributed by atoms with Crippen LogP contribution in [-0.4, -0.2) is 12.6 Å². The minimum Gasteiger partial charge on any atom is -0.335 e. The fourth-order valence-corrected chi connectivity index (χ4v) is 2.28. The van der Waals surface area contributed by atoms with Gasteiger partial charge in [0.15, 0.2) is 0 Å². The predicted octanol–water partition coefficient (Wildman–Crippen LogP) is 3.53. The van der Waals surface area contributed by atoms with Crippen LogP contribution in [0.1, 0.15) is 26.3 Å². The fraction of sp³-hybridized carbons (Fsp3) is 0.400. The molecule has 0 atom stereocenters. The van der Waals surface area contributed by atoms with Crippen LogP contribution in [0.4, 0.5) is 18.9 Å². The van der Waals surface area contributed by atoms with Crippen LogP contribution in [0, 0.1) is 5.41 Å². The molecule has 1 N–H and O–H groups in total. The van der Waals surface area contributed by atoms with Crippen molar-refractivity contribution in [2.75, 3.05) is 11.6 Å². The number of halogens is 3. The van der Waals surface area contributed by atoms with Gasteiger partial charge in [-0.25, -0.2) is 0 Å². The Balaban J connectivity index is 2.56. The molecule has 1 aliphatic rings. The zero-order chi connectivity index (χ0) is 15.8. The number of carbonyl (C=O) groups excluding carboxylic acids is 1. The van der Waals surface area contributed by atoms with Gasteiger partial charge in [-0.15, -0.1) is 0 Å². The molecular formula is C15H17F3N2O. The lowest BCUT2D eigenvalue weighted by atomic mass is 9.89. The number of anilines is 1. The normalized spacial score (nSPS) is 16.6. The Labute approximate surface area is 121 Å². The quantitative estimate of drug-likeness (QED) is 0.860. The number of allylic oxidation sites excluding steroid dienone is 1. The minimum atomic E-state index is -4.44. The number of nitrogens with one attached hydrogen (secondary N) is 1. The third kappa shape index (κ3) is 3.20. The Kier molecular flexibility index (Phi) is 3.74. The maximum absolute atomic E-state index is 13.2. The van der Waals surface area contributed by atoms with E-state index in [4.69, 9.17) is 0 Å². The van der Waals surface area contributed by atoms with E-state index in [1.54, 1.807) is 6.07 Å². The van der Waals surface area contributed by atoms with Crippen LogP contribution in [-0.2, 0) is 11.0 Å². The molecule has 0 unspecified atom stereocenters. The van der Waals surface area contributed by atoms with E-state index in [1.807, 2.05) is 20.8 Å². The zero-order valence-electron chi connectivity index (χ0n) is 12.1. The van der Waals surface area contributed by atoms with Gasteiger partial charge in [-0.2, -0.15) is 13.2 Å². The highest BCUT2D eigenvalue weighted by molar-refractivity contribution is 5.91. The van der Waals surface area contributed by atoms with Crippen molar-refractivity contribution in [1.82, 2.24) is 5.32 Å². The maximum Gasteiger partial charge on any atom is 0.418 e. The van der Waals surface area contributed by atoms with Crippen LogP contribution in [0.2, 0.25) is 0 Å². The van der Waals surface area contributed by atoms with Gasteiger partial charge in [0.25, 0.3) is 0 Å². The molecule has 0 fully saturated rings. The summed E-state index contributed by atoms with van der Waals surface area (Å²) >= 11 is 0. The second kappa shape index (κ2) is 5.09. The molecule has 0 saturated heterocycles. The molecule has 1 amide bonds. The minimum absolute atomic E-state index is 0.0228. The largest absolute Gasteiger partial charge is 0.418 e. The van der Waals surface area contributed by atoms with E-state index in [0.717, 1.165) is 6.07 Å². The summed E-state index contributed by atoms with van der Waals surface area (Å²) in [6.07, 6.45) is -3.09. The number of benzene rings is 1. The summed E-state index contributed by atoms with van der Waals surface area (Å²) in [6.45, 7) is 5.61. The molecular weight excluding hydrogens is 281 g/mol. The van der Waals surface area contributed by atoms with Crippen molar-refractivity contribution in [2.24, 2.45) is 5.41 Å². The van der Waals surface area contributed by atoms with Crippen molar-refractivity contribution >= 4 is 11.6 Å².